The van der Waals surface area contributed by atoms with E-state index >= 15 is 0 Å². The second kappa shape index (κ2) is 6.94. The van der Waals surface area contributed by atoms with E-state index in [4.69, 9.17) is 0 Å². The van der Waals surface area contributed by atoms with Gasteiger partial charge in [0.25, 0.3) is 5.91 Å². The lowest BCUT2D eigenvalue weighted by molar-refractivity contribution is -0.135. The number of hydrogen-bond acceptors (Lipinski definition) is 6. The van der Waals surface area contributed by atoms with E-state index in [0.29, 0.717) is 4.91 Å². The lowest BCUT2D eigenvalue weighted by Gasteiger charge is -2.06. The topological polar surface area (TPSA) is 79.8 Å². The molecule has 7 heteroatoms. The third-order valence-electron chi connectivity index (χ3n) is 2.66. The second-order valence-corrected chi connectivity index (χ2v) is 5.45. The molecule has 1 aliphatic rings. The van der Waals surface area contributed by atoms with Crippen LogP contribution < -0.4 is 10.7 Å². The molecule has 6 nitrogen and oxygen atoms in total. The first kappa shape index (κ1) is 15.1. The summed E-state index contributed by atoms with van der Waals surface area (Å²) in [7, 11) is 1.26. The number of thioether (sulfide) groups is 1. The fourth-order valence-corrected chi connectivity index (χ4v) is 2.42. The van der Waals surface area contributed by atoms with Crippen molar-refractivity contribution in [1.82, 2.24) is 10.7 Å². The van der Waals surface area contributed by atoms with E-state index in [1.54, 1.807) is 6.21 Å². The van der Waals surface area contributed by atoms with Crippen molar-refractivity contribution in [2.45, 2.75) is 12.4 Å². The van der Waals surface area contributed by atoms with Gasteiger partial charge < -0.3 is 10.1 Å². The highest BCUT2D eigenvalue weighted by atomic mass is 32.2. The number of benzene rings is 1. The fourth-order valence-electron chi connectivity index (χ4n) is 1.56. The molecule has 2 rings (SSSR count). The van der Waals surface area contributed by atoms with Gasteiger partial charge in [-0.1, -0.05) is 41.6 Å². The number of hydrazone groups is 1. The average molecular weight is 305 g/mol. The fraction of sp³-hybridized carbons (Fsp3) is 0.214. The van der Waals surface area contributed by atoms with E-state index in [0.717, 1.165) is 11.6 Å². The van der Waals surface area contributed by atoms with Crippen LogP contribution in [0.4, 0.5) is 0 Å². The Labute approximate surface area is 126 Å². The minimum Gasteiger partial charge on any atom is -0.466 e. The van der Waals surface area contributed by atoms with E-state index in [2.05, 4.69) is 20.6 Å². The van der Waals surface area contributed by atoms with Crippen LogP contribution in [-0.4, -0.2) is 30.7 Å². The smallest absolute Gasteiger partial charge is 0.331 e. The second-order valence-electron chi connectivity index (χ2n) is 4.30. The van der Waals surface area contributed by atoms with E-state index in [1.807, 2.05) is 31.2 Å². The molecular formula is C14H15N3O3S. The Balaban J connectivity index is 1.90. The van der Waals surface area contributed by atoms with Crippen LogP contribution in [0.1, 0.15) is 11.1 Å². The Morgan fingerprint density at radius 1 is 1.43 bits per heavy atom. The van der Waals surface area contributed by atoms with Gasteiger partial charge in [-0.2, -0.15) is 5.10 Å². The van der Waals surface area contributed by atoms with Crippen LogP contribution in [-0.2, 0) is 14.3 Å². The molecule has 1 aromatic carbocycles. The number of esters is 1. The van der Waals surface area contributed by atoms with Gasteiger partial charge in [0.1, 0.15) is 0 Å². The van der Waals surface area contributed by atoms with Crippen LogP contribution in [0.15, 0.2) is 40.3 Å². The number of aryl methyl sites for hydroxylation is 1. The minimum absolute atomic E-state index is 0.296. The molecule has 21 heavy (non-hydrogen) atoms. The van der Waals surface area contributed by atoms with Crippen molar-refractivity contribution < 1.29 is 14.3 Å². The number of carbonyl (C=O) groups excluding carboxylic acids is 2. The first-order valence-corrected chi connectivity index (χ1v) is 7.09. The summed E-state index contributed by atoms with van der Waals surface area (Å²) >= 11 is 1.17. The molecule has 1 aliphatic heterocycles. The quantitative estimate of drug-likeness (QED) is 0.377. The van der Waals surface area contributed by atoms with Crippen LogP contribution in [0.5, 0.6) is 0 Å². The molecule has 1 aromatic rings. The maximum atomic E-state index is 11.6. The molecular weight excluding hydrogens is 290 g/mol. The Morgan fingerprint density at radius 3 is 2.81 bits per heavy atom. The molecule has 0 aromatic heterocycles. The van der Waals surface area contributed by atoms with Crippen LogP contribution in [0.25, 0.3) is 0 Å². The number of methoxy groups -OCH3 is 1. The van der Waals surface area contributed by atoms with Crippen molar-refractivity contribution in [3.63, 3.8) is 0 Å². The Hall–Kier alpha value is -2.28. The highest BCUT2D eigenvalue weighted by Gasteiger charge is 2.27. The van der Waals surface area contributed by atoms with Crippen LogP contribution in [0.3, 0.4) is 0 Å². The molecule has 1 atom stereocenters. The highest BCUT2D eigenvalue weighted by molar-refractivity contribution is 8.05. The third kappa shape index (κ3) is 4.35. The molecule has 1 fully saturated rings. The molecule has 1 amide bonds. The Morgan fingerprint density at radius 2 is 2.14 bits per heavy atom. The summed E-state index contributed by atoms with van der Waals surface area (Å²) in [6.07, 6.45) is 2.82. The van der Waals surface area contributed by atoms with E-state index in [9.17, 15) is 9.59 Å². The van der Waals surface area contributed by atoms with Crippen LogP contribution >= 0.6 is 11.8 Å². The van der Waals surface area contributed by atoms with Crippen LogP contribution in [0.2, 0.25) is 0 Å². The largest absolute Gasteiger partial charge is 0.466 e. The molecule has 0 radical (unpaired) electrons. The predicted octanol–water partition coefficient (Wildman–Crippen LogP) is 1.12. The molecule has 0 bridgehead atoms. The van der Waals surface area contributed by atoms with Gasteiger partial charge in [0, 0.05) is 6.08 Å². The summed E-state index contributed by atoms with van der Waals surface area (Å²) < 4.78 is 4.49. The zero-order valence-corrected chi connectivity index (χ0v) is 12.4. The lowest BCUT2D eigenvalue weighted by Crippen LogP contribution is -2.34. The first-order chi connectivity index (χ1) is 10.1. The first-order valence-electron chi connectivity index (χ1n) is 6.21. The van der Waals surface area contributed by atoms with Gasteiger partial charge in [0.2, 0.25) is 0 Å². The summed E-state index contributed by atoms with van der Waals surface area (Å²) in [6.45, 7) is 2.01. The SMILES string of the molecule is COC(=O)/C=C1\S[C@@H](N/N=C\c2ccc(C)cc2)NC1=O. The van der Waals surface area contributed by atoms with Crippen molar-refractivity contribution >= 4 is 29.9 Å². The third-order valence-corrected chi connectivity index (χ3v) is 3.68. The maximum absolute atomic E-state index is 11.6. The Bertz CT molecular complexity index is 596. The number of carbonyl (C=O) groups is 2. The van der Waals surface area contributed by atoms with Gasteiger partial charge in [-0.25, -0.2) is 4.79 Å². The van der Waals surface area contributed by atoms with Gasteiger partial charge in [0.05, 0.1) is 18.2 Å². The molecule has 0 saturated carbocycles. The zero-order chi connectivity index (χ0) is 15.2. The maximum Gasteiger partial charge on any atom is 0.331 e. The van der Waals surface area contributed by atoms with Gasteiger partial charge in [-0.05, 0) is 12.5 Å². The molecule has 2 N–H and O–H groups in total. The molecule has 1 saturated heterocycles. The lowest BCUT2D eigenvalue weighted by atomic mass is 10.2. The number of nitrogens with one attached hydrogen (secondary N) is 2. The zero-order valence-electron chi connectivity index (χ0n) is 11.6. The van der Waals surface area contributed by atoms with E-state index in [-0.39, 0.29) is 5.91 Å². The van der Waals surface area contributed by atoms with Crippen molar-refractivity contribution in [3.05, 3.63) is 46.4 Å². The number of nitrogens with zero attached hydrogens (tertiary/aromatic N) is 1. The van der Waals surface area contributed by atoms with Gasteiger partial charge in [-0.3, -0.25) is 10.2 Å². The summed E-state index contributed by atoms with van der Waals surface area (Å²) in [6, 6.07) is 7.88. The minimum atomic E-state index is -0.559. The monoisotopic (exact) mass is 305 g/mol. The summed E-state index contributed by atoms with van der Waals surface area (Å²) in [4.78, 5) is 23.0. The highest BCUT2D eigenvalue weighted by Crippen LogP contribution is 2.25. The molecule has 1 heterocycles. The number of ether oxygens (including phenoxy) is 1. The summed E-state index contributed by atoms with van der Waals surface area (Å²) in [5.74, 6) is -0.884. The molecule has 0 spiro atoms. The van der Waals surface area contributed by atoms with Gasteiger partial charge >= 0.3 is 5.97 Å². The van der Waals surface area contributed by atoms with Crippen molar-refractivity contribution in [2.75, 3.05) is 7.11 Å². The molecule has 0 aliphatic carbocycles. The summed E-state index contributed by atoms with van der Waals surface area (Å²) in [5.41, 5.74) is 4.53. The molecule has 0 unspecified atom stereocenters. The standard InChI is InChI=1S/C14H15N3O3S/c1-9-3-5-10(6-4-9)8-15-17-14-16-13(19)11(21-14)7-12(18)20-2/h3-8,14,17H,1-2H3,(H,16,19)/b11-7-,15-8-/t14-/m1/s1. The average Bonchev–Trinajstić information content (AvgIpc) is 2.81. The van der Waals surface area contributed by atoms with Crippen molar-refractivity contribution in [3.8, 4) is 0 Å². The molecule has 110 valence electrons. The number of rotatable bonds is 4. The van der Waals surface area contributed by atoms with E-state index < -0.39 is 11.5 Å². The van der Waals surface area contributed by atoms with Gasteiger partial charge in [-0.15, -0.1) is 0 Å². The van der Waals surface area contributed by atoms with Crippen LogP contribution in [0, 0.1) is 6.92 Å². The van der Waals surface area contributed by atoms with Crippen molar-refractivity contribution in [1.29, 1.82) is 0 Å². The predicted molar refractivity (Wildman–Crippen MR) is 81.5 cm³/mol. The number of amides is 1. The summed E-state index contributed by atoms with van der Waals surface area (Å²) in [5, 5.41) is 6.72. The van der Waals surface area contributed by atoms with Gasteiger partial charge in [0.15, 0.2) is 5.50 Å². The van der Waals surface area contributed by atoms with E-state index in [1.165, 1.54) is 24.4 Å². The number of hydrogen-bond donors (Lipinski definition) is 2. The van der Waals surface area contributed by atoms with Crippen molar-refractivity contribution in [2.24, 2.45) is 5.10 Å². The normalized spacial score (nSPS) is 19.8. The Kier molecular flexibility index (Phi) is 4.99.